The van der Waals surface area contributed by atoms with Crippen molar-refractivity contribution in [3.05, 3.63) is 29.8 Å². The first kappa shape index (κ1) is 12.4. The Kier molecular flexibility index (Phi) is 4.40. The van der Waals surface area contributed by atoms with Gasteiger partial charge in [-0.05, 0) is 43.9 Å². The number of aliphatic hydroxyl groups excluding tert-OH is 1. The third-order valence-corrected chi connectivity index (χ3v) is 3.47. The van der Waals surface area contributed by atoms with Gasteiger partial charge in [-0.25, -0.2) is 0 Å². The fourth-order valence-electron chi connectivity index (χ4n) is 2.48. The number of hydrogen-bond acceptors (Lipinski definition) is 3. The molecule has 94 valence electrons. The van der Waals surface area contributed by atoms with Crippen LogP contribution < -0.4 is 10.1 Å². The number of benzene rings is 1. The molecule has 2 N–H and O–H groups in total. The van der Waals surface area contributed by atoms with Crippen LogP contribution in [-0.2, 0) is 6.42 Å². The highest BCUT2D eigenvalue weighted by Gasteiger charge is 2.24. The molecular formula is C14H21NO2. The third kappa shape index (κ3) is 3.20. The molecule has 0 radical (unpaired) electrons. The quantitative estimate of drug-likeness (QED) is 0.817. The van der Waals surface area contributed by atoms with Crippen molar-refractivity contribution in [2.75, 3.05) is 13.7 Å². The molecule has 3 heteroatoms. The fraction of sp³-hybridized carbons (Fsp3) is 0.571. The van der Waals surface area contributed by atoms with E-state index < -0.39 is 0 Å². The van der Waals surface area contributed by atoms with Gasteiger partial charge in [-0.1, -0.05) is 18.2 Å². The first-order valence-corrected chi connectivity index (χ1v) is 6.34. The summed E-state index contributed by atoms with van der Waals surface area (Å²) in [5.74, 6) is 0.946. The normalized spacial score (nSPS) is 23.9. The Morgan fingerprint density at radius 2 is 2.18 bits per heavy atom. The summed E-state index contributed by atoms with van der Waals surface area (Å²) in [4.78, 5) is 0. The van der Waals surface area contributed by atoms with E-state index in [1.807, 2.05) is 18.2 Å². The van der Waals surface area contributed by atoms with Gasteiger partial charge in [0, 0.05) is 6.04 Å². The highest BCUT2D eigenvalue weighted by atomic mass is 16.5. The average Bonchev–Trinajstić information content (AvgIpc) is 2.76. The minimum Gasteiger partial charge on any atom is -0.496 e. The van der Waals surface area contributed by atoms with E-state index in [-0.39, 0.29) is 12.1 Å². The Bertz CT molecular complexity index is 354. The second-order valence-corrected chi connectivity index (χ2v) is 4.62. The molecule has 0 saturated heterocycles. The molecule has 3 nitrogen and oxygen atoms in total. The van der Waals surface area contributed by atoms with Crippen molar-refractivity contribution < 1.29 is 9.84 Å². The topological polar surface area (TPSA) is 41.5 Å². The summed E-state index contributed by atoms with van der Waals surface area (Å²) >= 11 is 0. The van der Waals surface area contributed by atoms with E-state index in [0.29, 0.717) is 0 Å². The lowest BCUT2D eigenvalue weighted by Crippen LogP contribution is -2.36. The number of rotatable bonds is 5. The Hall–Kier alpha value is -1.06. The summed E-state index contributed by atoms with van der Waals surface area (Å²) in [6, 6.07) is 8.37. The minimum absolute atomic E-state index is 0.160. The molecule has 0 spiro atoms. The number of aliphatic hydroxyl groups is 1. The molecule has 1 aromatic rings. The maximum Gasteiger partial charge on any atom is 0.122 e. The van der Waals surface area contributed by atoms with Crippen LogP contribution in [0, 0.1) is 0 Å². The zero-order valence-corrected chi connectivity index (χ0v) is 10.4. The maximum atomic E-state index is 9.70. The molecule has 0 bridgehead atoms. The van der Waals surface area contributed by atoms with Gasteiger partial charge in [0.05, 0.1) is 13.2 Å². The molecular weight excluding hydrogens is 214 g/mol. The van der Waals surface area contributed by atoms with Crippen LogP contribution in [0.1, 0.15) is 24.8 Å². The lowest BCUT2D eigenvalue weighted by molar-refractivity contribution is 0.149. The molecule has 0 aliphatic heterocycles. The van der Waals surface area contributed by atoms with Crippen molar-refractivity contribution >= 4 is 0 Å². The van der Waals surface area contributed by atoms with Gasteiger partial charge in [-0.3, -0.25) is 0 Å². The van der Waals surface area contributed by atoms with E-state index in [4.69, 9.17) is 4.74 Å². The summed E-state index contributed by atoms with van der Waals surface area (Å²) in [6.45, 7) is 0.891. The van der Waals surface area contributed by atoms with Gasteiger partial charge in [-0.2, -0.15) is 0 Å². The predicted molar refractivity (Wildman–Crippen MR) is 68.3 cm³/mol. The standard InChI is InChI=1S/C14H21NO2/c1-17-14-8-3-2-5-11(14)9-10-15-12-6-4-7-13(12)16/h2-3,5,8,12-13,15-16H,4,6-7,9-10H2,1H3/t12-,13-/m1/s1. The molecule has 1 aliphatic carbocycles. The first-order chi connectivity index (χ1) is 8.31. The molecule has 1 fully saturated rings. The van der Waals surface area contributed by atoms with Crippen molar-refractivity contribution in [2.45, 2.75) is 37.8 Å². The predicted octanol–water partition coefficient (Wildman–Crippen LogP) is 1.74. The second kappa shape index (κ2) is 6.03. The fourth-order valence-corrected chi connectivity index (χ4v) is 2.48. The summed E-state index contributed by atoms with van der Waals surface area (Å²) in [5.41, 5.74) is 1.22. The summed E-state index contributed by atoms with van der Waals surface area (Å²) in [7, 11) is 1.70. The summed E-state index contributed by atoms with van der Waals surface area (Å²) < 4.78 is 5.31. The van der Waals surface area contributed by atoms with Crippen LogP contribution in [0.5, 0.6) is 5.75 Å². The van der Waals surface area contributed by atoms with E-state index in [1.54, 1.807) is 7.11 Å². The number of methoxy groups -OCH3 is 1. The lowest BCUT2D eigenvalue weighted by atomic mass is 10.1. The third-order valence-electron chi connectivity index (χ3n) is 3.47. The van der Waals surface area contributed by atoms with Gasteiger partial charge < -0.3 is 15.2 Å². The molecule has 0 aromatic heterocycles. The number of hydrogen-bond donors (Lipinski definition) is 2. The second-order valence-electron chi connectivity index (χ2n) is 4.62. The molecule has 0 amide bonds. The molecule has 0 unspecified atom stereocenters. The SMILES string of the molecule is COc1ccccc1CCN[C@@H]1CCC[C@H]1O. The molecule has 2 rings (SSSR count). The van der Waals surface area contributed by atoms with Crippen molar-refractivity contribution in [2.24, 2.45) is 0 Å². The smallest absolute Gasteiger partial charge is 0.122 e. The van der Waals surface area contributed by atoms with Gasteiger partial charge in [0.25, 0.3) is 0 Å². The Morgan fingerprint density at radius 1 is 1.35 bits per heavy atom. The number of para-hydroxylation sites is 1. The monoisotopic (exact) mass is 235 g/mol. The molecule has 1 aromatic carbocycles. The van der Waals surface area contributed by atoms with Crippen molar-refractivity contribution in [1.29, 1.82) is 0 Å². The average molecular weight is 235 g/mol. The Labute approximate surface area is 103 Å². The van der Waals surface area contributed by atoms with Gasteiger partial charge in [0.2, 0.25) is 0 Å². The largest absolute Gasteiger partial charge is 0.496 e. The minimum atomic E-state index is -0.160. The highest BCUT2D eigenvalue weighted by Crippen LogP contribution is 2.20. The van der Waals surface area contributed by atoms with Crippen LogP contribution in [0.15, 0.2) is 24.3 Å². The molecule has 17 heavy (non-hydrogen) atoms. The first-order valence-electron chi connectivity index (χ1n) is 6.34. The van der Waals surface area contributed by atoms with Crippen molar-refractivity contribution in [3.63, 3.8) is 0 Å². The maximum absolute atomic E-state index is 9.70. The van der Waals surface area contributed by atoms with E-state index >= 15 is 0 Å². The van der Waals surface area contributed by atoms with Gasteiger partial charge in [0.1, 0.15) is 5.75 Å². The van der Waals surface area contributed by atoms with E-state index in [2.05, 4.69) is 11.4 Å². The van der Waals surface area contributed by atoms with Crippen LogP contribution in [0.4, 0.5) is 0 Å². The van der Waals surface area contributed by atoms with Crippen molar-refractivity contribution in [1.82, 2.24) is 5.32 Å². The van der Waals surface area contributed by atoms with Gasteiger partial charge in [-0.15, -0.1) is 0 Å². The number of nitrogens with one attached hydrogen (secondary N) is 1. The Balaban J connectivity index is 1.81. The van der Waals surface area contributed by atoms with Crippen LogP contribution in [0.3, 0.4) is 0 Å². The van der Waals surface area contributed by atoms with E-state index in [0.717, 1.165) is 38.0 Å². The van der Waals surface area contributed by atoms with E-state index in [9.17, 15) is 5.11 Å². The zero-order valence-electron chi connectivity index (χ0n) is 10.4. The van der Waals surface area contributed by atoms with Gasteiger partial charge in [0.15, 0.2) is 0 Å². The van der Waals surface area contributed by atoms with Crippen LogP contribution in [0.2, 0.25) is 0 Å². The summed E-state index contributed by atoms with van der Waals surface area (Å²) in [6.07, 6.45) is 3.94. The van der Waals surface area contributed by atoms with Gasteiger partial charge >= 0.3 is 0 Å². The van der Waals surface area contributed by atoms with Crippen molar-refractivity contribution in [3.8, 4) is 5.75 Å². The molecule has 1 aliphatic rings. The zero-order chi connectivity index (χ0) is 12.1. The van der Waals surface area contributed by atoms with Crippen LogP contribution in [-0.4, -0.2) is 30.9 Å². The molecule has 1 saturated carbocycles. The number of ether oxygens (including phenoxy) is 1. The van der Waals surface area contributed by atoms with Crippen LogP contribution >= 0.6 is 0 Å². The van der Waals surface area contributed by atoms with Crippen LogP contribution in [0.25, 0.3) is 0 Å². The molecule has 0 heterocycles. The Morgan fingerprint density at radius 3 is 2.88 bits per heavy atom. The lowest BCUT2D eigenvalue weighted by Gasteiger charge is -2.16. The molecule has 2 atom stereocenters. The highest BCUT2D eigenvalue weighted by molar-refractivity contribution is 5.33. The summed E-state index contributed by atoms with van der Waals surface area (Å²) in [5, 5.41) is 13.1. The van der Waals surface area contributed by atoms with E-state index in [1.165, 1.54) is 5.56 Å².